The van der Waals surface area contributed by atoms with Crippen LogP contribution in [0.5, 0.6) is 11.5 Å². The van der Waals surface area contributed by atoms with Crippen LogP contribution in [0, 0.1) is 6.92 Å². The number of amides is 2. The Morgan fingerprint density at radius 1 is 1.00 bits per heavy atom. The molecule has 3 heterocycles. The van der Waals surface area contributed by atoms with E-state index < -0.39 is 29.5 Å². The van der Waals surface area contributed by atoms with Crippen LogP contribution in [-0.4, -0.2) is 34.8 Å². The summed E-state index contributed by atoms with van der Waals surface area (Å²) in [5.41, 5.74) is 0.867. The number of aryl methyl sites for hydroxylation is 1. The van der Waals surface area contributed by atoms with E-state index in [2.05, 4.69) is 10.1 Å². The number of carbonyl (C=O) groups excluding carboxylic acids is 2. The molecular formula is C30H23Cl2F3N4O4. The molecule has 2 amide bonds. The van der Waals surface area contributed by atoms with Crippen molar-refractivity contribution in [2.24, 2.45) is 0 Å². The van der Waals surface area contributed by atoms with E-state index in [9.17, 15) is 22.8 Å². The Balaban J connectivity index is 1.67. The molecule has 4 aromatic rings. The average Bonchev–Trinajstić information content (AvgIpc) is 3.53. The summed E-state index contributed by atoms with van der Waals surface area (Å²) in [5, 5.41) is 3.64. The first kappa shape index (κ1) is 28.9. The lowest BCUT2D eigenvalue weighted by Crippen LogP contribution is -2.51. The number of imidazole rings is 1. The second-order valence-electron chi connectivity index (χ2n) is 10.4. The smallest absolute Gasteiger partial charge is 0.496 e. The molecule has 0 saturated carbocycles. The number of nitrogens with one attached hydrogen (secondary N) is 1. The monoisotopic (exact) mass is 630 g/mol. The zero-order chi connectivity index (χ0) is 31.0. The topological polar surface area (TPSA) is 85.7 Å². The third-order valence-electron chi connectivity index (χ3n) is 7.52. The van der Waals surface area contributed by atoms with Gasteiger partial charge in [0, 0.05) is 33.4 Å². The van der Waals surface area contributed by atoms with E-state index >= 15 is 0 Å². The summed E-state index contributed by atoms with van der Waals surface area (Å²) in [5.74, 6) is -1.31. The molecule has 0 saturated heterocycles. The number of hydrogen-bond acceptors (Lipinski definition) is 5. The van der Waals surface area contributed by atoms with Crippen LogP contribution in [0.15, 0.2) is 54.6 Å². The Morgan fingerprint density at radius 2 is 1.70 bits per heavy atom. The second-order valence-corrected chi connectivity index (χ2v) is 11.3. The van der Waals surface area contributed by atoms with E-state index in [0.717, 1.165) is 12.1 Å². The van der Waals surface area contributed by atoms with Crippen molar-refractivity contribution in [1.29, 1.82) is 0 Å². The van der Waals surface area contributed by atoms with Crippen molar-refractivity contribution in [2.45, 2.75) is 38.7 Å². The fourth-order valence-electron chi connectivity index (χ4n) is 5.88. The summed E-state index contributed by atoms with van der Waals surface area (Å²) in [6.45, 7) is 5.50. The van der Waals surface area contributed by atoms with Crippen LogP contribution in [0.3, 0.4) is 0 Å². The van der Waals surface area contributed by atoms with E-state index in [1.165, 1.54) is 18.1 Å². The molecule has 43 heavy (non-hydrogen) atoms. The predicted molar refractivity (Wildman–Crippen MR) is 155 cm³/mol. The standard InChI is InChI=1S/C30H23Cl2F3N4O4/c1-14(2)38-25-24(37-26(38)19-9-8-18(13-23(19)42-4)43-30(33,34)35)27(40)39(22-12-17(32)6-5-15(22)3)29(25)20-10-7-16(31)11-21(20)36-28(29)41/h5-14H,1-4H3,(H,36,41)/t29-/m0/s1. The summed E-state index contributed by atoms with van der Waals surface area (Å²) in [6, 6.07) is 13.2. The van der Waals surface area contributed by atoms with Crippen LogP contribution in [0.2, 0.25) is 10.0 Å². The van der Waals surface area contributed by atoms with Crippen molar-refractivity contribution < 1.29 is 32.2 Å². The molecule has 2 aliphatic rings. The minimum atomic E-state index is -4.91. The molecule has 8 nitrogen and oxygen atoms in total. The molecule has 0 fully saturated rings. The fourth-order valence-corrected chi connectivity index (χ4v) is 6.22. The fraction of sp³-hybridized carbons (Fsp3) is 0.233. The molecule has 0 bridgehead atoms. The first-order chi connectivity index (χ1) is 20.3. The van der Waals surface area contributed by atoms with Crippen LogP contribution in [0.4, 0.5) is 24.5 Å². The van der Waals surface area contributed by atoms with Gasteiger partial charge < -0.3 is 19.4 Å². The molecule has 6 rings (SSSR count). The summed E-state index contributed by atoms with van der Waals surface area (Å²) in [4.78, 5) is 34.9. The van der Waals surface area contributed by atoms with Gasteiger partial charge >= 0.3 is 6.36 Å². The number of methoxy groups -OCH3 is 1. The Labute approximate surface area is 253 Å². The van der Waals surface area contributed by atoms with Crippen LogP contribution < -0.4 is 19.7 Å². The number of ether oxygens (including phenoxy) is 2. The molecule has 0 aliphatic carbocycles. The average molecular weight is 631 g/mol. The van der Waals surface area contributed by atoms with Crippen LogP contribution in [0.1, 0.15) is 47.2 Å². The van der Waals surface area contributed by atoms with Gasteiger partial charge in [0.25, 0.3) is 11.8 Å². The molecule has 1 N–H and O–H groups in total. The molecule has 0 radical (unpaired) electrons. The molecule has 3 aromatic carbocycles. The minimum absolute atomic E-state index is 0.00121. The number of fused-ring (bicyclic) bond motifs is 4. The first-order valence-electron chi connectivity index (χ1n) is 13.1. The van der Waals surface area contributed by atoms with Crippen LogP contribution in [0.25, 0.3) is 11.4 Å². The highest BCUT2D eigenvalue weighted by Gasteiger charge is 2.64. The van der Waals surface area contributed by atoms with Gasteiger partial charge in [0.1, 0.15) is 17.3 Å². The summed E-state index contributed by atoms with van der Waals surface area (Å²) < 4.78 is 50.0. The number of benzene rings is 3. The maximum atomic E-state index is 14.5. The lowest BCUT2D eigenvalue weighted by atomic mass is 9.86. The van der Waals surface area contributed by atoms with Gasteiger partial charge in [0.15, 0.2) is 11.2 Å². The SMILES string of the molecule is COc1cc(OC(F)(F)F)ccc1-c1nc2c(n1C(C)C)[C@@]1(C(=O)Nc3cc(Cl)ccc31)N(c1cc(Cl)ccc1C)C2=O. The van der Waals surface area contributed by atoms with E-state index in [0.29, 0.717) is 38.1 Å². The number of carbonyl (C=O) groups is 2. The number of nitrogens with zero attached hydrogens (tertiary/aromatic N) is 3. The summed E-state index contributed by atoms with van der Waals surface area (Å²) >= 11 is 12.7. The number of alkyl halides is 3. The second kappa shape index (κ2) is 9.92. The lowest BCUT2D eigenvalue weighted by Gasteiger charge is -2.36. The van der Waals surface area contributed by atoms with Gasteiger partial charge in [0.05, 0.1) is 24.1 Å². The Bertz CT molecular complexity index is 1840. The number of anilines is 2. The van der Waals surface area contributed by atoms with Crippen molar-refractivity contribution in [3.63, 3.8) is 0 Å². The van der Waals surface area contributed by atoms with Gasteiger partial charge in [-0.2, -0.15) is 0 Å². The molecule has 2 aliphatic heterocycles. The normalized spacial score (nSPS) is 17.5. The Morgan fingerprint density at radius 3 is 2.37 bits per heavy atom. The van der Waals surface area contributed by atoms with E-state index in [1.54, 1.807) is 47.9 Å². The number of halogens is 5. The van der Waals surface area contributed by atoms with E-state index in [-0.39, 0.29) is 29.0 Å². The van der Waals surface area contributed by atoms with Crippen molar-refractivity contribution in [1.82, 2.24) is 9.55 Å². The number of hydrogen-bond donors (Lipinski definition) is 1. The van der Waals surface area contributed by atoms with Crippen molar-refractivity contribution in [3.05, 3.63) is 87.2 Å². The van der Waals surface area contributed by atoms with Crippen molar-refractivity contribution in [2.75, 3.05) is 17.3 Å². The summed E-state index contributed by atoms with van der Waals surface area (Å²) in [6.07, 6.45) is -4.91. The molecule has 1 atom stereocenters. The third-order valence-corrected chi connectivity index (χ3v) is 7.99. The lowest BCUT2D eigenvalue weighted by molar-refractivity contribution is -0.274. The minimum Gasteiger partial charge on any atom is -0.496 e. The Hall–Kier alpha value is -4.22. The summed E-state index contributed by atoms with van der Waals surface area (Å²) in [7, 11) is 1.30. The van der Waals surface area contributed by atoms with Gasteiger partial charge in [-0.15, -0.1) is 13.2 Å². The van der Waals surface area contributed by atoms with E-state index in [1.807, 2.05) is 13.8 Å². The largest absolute Gasteiger partial charge is 0.573 e. The molecule has 1 spiro atoms. The van der Waals surface area contributed by atoms with Gasteiger partial charge in [-0.25, -0.2) is 4.98 Å². The molecule has 1 aromatic heterocycles. The maximum Gasteiger partial charge on any atom is 0.573 e. The van der Waals surface area contributed by atoms with Gasteiger partial charge in [-0.1, -0.05) is 35.3 Å². The molecule has 13 heteroatoms. The quantitative estimate of drug-likeness (QED) is 0.247. The van der Waals surface area contributed by atoms with E-state index in [4.69, 9.17) is 32.9 Å². The molecular weight excluding hydrogens is 608 g/mol. The van der Waals surface area contributed by atoms with Crippen molar-refractivity contribution in [3.8, 4) is 22.9 Å². The Kier molecular flexibility index (Phi) is 6.66. The zero-order valence-electron chi connectivity index (χ0n) is 23.1. The molecule has 222 valence electrons. The molecule has 0 unspecified atom stereocenters. The highest BCUT2D eigenvalue weighted by atomic mass is 35.5. The van der Waals surface area contributed by atoms with Crippen LogP contribution in [-0.2, 0) is 10.3 Å². The highest BCUT2D eigenvalue weighted by Crippen LogP contribution is 2.55. The van der Waals surface area contributed by atoms with Gasteiger partial charge in [-0.05, 0) is 62.7 Å². The van der Waals surface area contributed by atoms with Gasteiger partial charge in [-0.3, -0.25) is 14.5 Å². The predicted octanol–water partition coefficient (Wildman–Crippen LogP) is 7.51. The van der Waals surface area contributed by atoms with Gasteiger partial charge in [0.2, 0.25) is 0 Å². The maximum absolute atomic E-state index is 14.5. The highest BCUT2D eigenvalue weighted by molar-refractivity contribution is 6.32. The van der Waals surface area contributed by atoms with Crippen LogP contribution >= 0.6 is 23.2 Å². The first-order valence-corrected chi connectivity index (χ1v) is 13.8. The number of rotatable bonds is 5. The number of aromatic nitrogens is 2. The zero-order valence-corrected chi connectivity index (χ0v) is 24.6. The van der Waals surface area contributed by atoms with Crippen molar-refractivity contribution >= 4 is 46.4 Å². The third kappa shape index (κ3) is 4.32.